The van der Waals surface area contributed by atoms with E-state index in [1.807, 2.05) is 18.2 Å². The number of carbonyl (C=O) groups is 1. The molecule has 1 heterocycles. The molecule has 0 unspecified atom stereocenters. The standard InChI is InChI=1S/C26H35N3O/c1-20(2)16-18-29-24-14-9-8-13-23(24)28-25(29)15-5-4-10-17-27-26(30)19-22-12-7-6-11-21(22)3/h6-9,11-14,20H,4-5,10,15-19H2,1-3H3,(H,27,30). The van der Waals surface area contributed by atoms with Gasteiger partial charge in [0.2, 0.25) is 5.91 Å². The van der Waals surface area contributed by atoms with E-state index in [-0.39, 0.29) is 5.91 Å². The molecule has 3 aromatic rings. The van der Waals surface area contributed by atoms with Crippen LogP contribution in [0.2, 0.25) is 0 Å². The molecule has 0 saturated carbocycles. The highest BCUT2D eigenvalue weighted by molar-refractivity contribution is 5.78. The Morgan fingerprint density at radius 1 is 1.03 bits per heavy atom. The zero-order valence-electron chi connectivity index (χ0n) is 18.7. The van der Waals surface area contributed by atoms with Crippen LogP contribution in [0.5, 0.6) is 0 Å². The molecule has 4 heteroatoms. The number of nitrogens with one attached hydrogen (secondary N) is 1. The van der Waals surface area contributed by atoms with Crippen molar-refractivity contribution < 1.29 is 4.79 Å². The van der Waals surface area contributed by atoms with Crippen LogP contribution in [-0.2, 0) is 24.2 Å². The van der Waals surface area contributed by atoms with Crippen LogP contribution in [0.3, 0.4) is 0 Å². The Balaban J connectivity index is 1.43. The summed E-state index contributed by atoms with van der Waals surface area (Å²) >= 11 is 0. The van der Waals surface area contributed by atoms with Gasteiger partial charge in [0.05, 0.1) is 17.5 Å². The normalized spacial score (nSPS) is 11.3. The second-order valence-corrected chi connectivity index (χ2v) is 8.61. The monoisotopic (exact) mass is 405 g/mol. The first-order valence-electron chi connectivity index (χ1n) is 11.3. The number of rotatable bonds is 11. The highest BCUT2D eigenvalue weighted by atomic mass is 16.1. The van der Waals surface area contributed by atoms with Gasteiger partial charge in [-0.25, -0.2) is 4.98 Å². The average molecular weight is 406 g/mol. The first-order valence-corrected chi connectivity index (χ1v) is 11.3. The maximum absolute atomic E-state index is 12.2. The van der Waals surface area contributed by atoms with Gasteiger partial charge in [0, 0.05) is 19.5 Å². The molecule has 160 valence electrons. The second kappa shape index (κ2) is 11.0. The number of amides is 1. The van der Waals surface area contributed by atoms with Crippen molar-refractivity contribution in [3.63, 3.8) is 0 Å². The van der Waals surface area contributed by atoms with Crippen molar-refractivity contribution in [1.29, 1.82) is 0 Å². The van der Waals surface area contributed by atoms with E-state index in [4.69, 9.17) is 4.98 Å². The summed E-state index contributed by atoms with van der Waals surface area (Å²) < 4.78 is 2.40. The Bertz CT molecular complexity index is 958. The second-order valence-electron chi connectivity index (χ2n) is 8.61. The molecule has 0 atom stereocenters. The molecule has 1 amide bonds. The third kappa shape index (κ3) is 6.19. The van der Waals surface area contributed by atoms with Gasteiger partial charge in [-0.05, 0) is 55.4 Å². The number of para-hydroxylation sites is 2. The minimum absolute atomic E-state index is 0.111. The molecule has 1 N–H and O–H groups in total. The third-order valence-electron chi connectivity index (χ3n) is 5.68. The Labute approximate surface area is 180 Å². The lowest BCUT2D eigenvalue weighted by Gasteiger charge is -2.11. The van der Waals surface area contributed by atoms with Gasteiger partial charge in [-0.1, -0.05) is 56.7 Å². The topological polar surface area (TPSA) is 46.9 Å². The van der Waals surface area contributed by atoms with E-state index >= 15 is 0 Å². The molecule has 2 aromatic carbocycles. The minimum Gasteiger partial charge on any atom is -0.356 e. The molecule has 0 radical (unpaired) electrons. The van der Waals surface area contributed by atoms with E-state index in [0.717, 1.165) is 49.9 Å². The van der Waals surface area contributed by atoms with Gasteiger partial charge in [0.15, 0.2) is 0 Å². The quantitative estimate of drug-likeness (QED) is 0.430. The number of imidazole rings is 1. The van der Waals surface area contributed by atoms with Crippen LogP contribution in [-0.4, -0.2) is 22.0 Å². The van der Waals surface area contributed by atoms with Gasteiger partial charge in [-0.2, -0.15) is 0 Å². The van der Waals surface area contributed by atoms with Crippen molar-refractivity contribution in [2.24, 2.45) is 5.92 Å². The molecule has 0 bridgehead atoms. The SMILES string of the molecule is Cc1ccccc1CC(=O)NCCCCCc1nc2ccccc2n1CCC(C)C. The summed E-state index contributed by atoms with van der Waals surface area (Å²) in [5, 5.41) is 3.06. The summed E-state index contributed by atoms with van der Waals surface area (Å²) in [5.74, 6) is 1.99. The molecule has 0 aliphatic carbocycles. The summed E-state index contributed by atoms with van der Waals surface area (Å²) in [5.41, 5.74) is 4.62. The number of unbranched alkanes of at least 4 members (excludes halogenated alkanes) is 2. The fraction of sp³-hybridized carbons (Fsp3) is 0.462. The van der Waals surface area contributed by atoms with E-state index in [0.29, 0.717) is 12.3 Å². The maximum atomic E-state index is 12.2. The largest absolute Gasteiger partial charge is 0.356 e. The predicted octanol–water partition coefficient (Wildman–Crippen LogP) is 5.46. The number of nitrogens with zero attached hydrogens (tertiary/aromatic N) is 2. The number of benzene rings is 2. The van der Waals surface area contributed by atoms with Crippen LogP contribution in [0, 0.1) is 12.8 Å². The first-order chi connectivity index (χ1) is 14.5. The van der Waals surface area contributed by atoms with E-state index in [1.54, 1.807) is 0 Å². The number of aryl methyl sites for hydroxylation is 3. The number of fused-ring (bicyclic) bond motifs is 1. The van der Waals surface area contributed by atoms with Crippen molar-refractivity contribution >= 4 is 16.9 Å². The Morgan fingerprint density at radius 3 is 2.60 bits per heavy atom. The number of hydrogen-bond acceptors (Lipinski definition) is 2. The van der Waals surface area contributed by atoms with Crippen LogP contribution >= 0.6 is 0 Å². The number of carbonyl (C=O) groups excluding carboxylic acids is 1. The molecule has 0 saturated heterocycles. The summed E-state index contributed by atoms with van der Waals surface area (Å²) in [7, 11) is 0. The lowest BCUT2D eigenvalue weighted by Crippen LogP contribution is -2.26. The van der Waals surface area contributed by atoms with Crippen molar-refractivity contribution in [1.82, 2.24) is 14.9 Å². The van der Waals surface area contributed by atoms with Crippen molar-refractivity contribution in [3.8, 4) is 0 Å². The van der Waals surface area contributed by atoms with Gasteiger partial charge in [0.25, 0.3) is 0 Å². The lowest BCUT2D eigenvalue weighted by atomic mass is 10.1. The van der Waals surface area contributed by atoms with E-state index in [1.165, 1.54) is 23.3 Å². The van der Waals surface area contributed by atoms with Gasteiger partial charge in [-0.15, -0.1) is 0 Å². The van der Waals surface area contributed by atoms with Crippen LogP contribution in [0.25, 0.3) is 11.0 Å². The van der Waals surface area contributed by atoms with Crippen LogP contribution in [0.1, 0.15) is 56.5 Å². The summed E-state index contributed by atoms with van der Waals surface area (Å²) in [4.78, 5) is 17.1. The predicted molar refractivity (Wildman–Crippen MR) is 125 cm³/mol. The third-order valence-corrected chi connectivity index (χ3v) is 5.68. The van der Waals surface area contributed by atoms with Gasteiger partial charge in [0.1, 0.15) is 5.82 Å². The molecular formula is C26H35N3O. The van der Waals surface area contributed by atoms with E-state index in [9.17, 15) is 4.79 Å². The fourth-order valence-corrected chi connectivity index (χ4v) is 3.81. The van der Waals surface area contributed by atoms with Gasteiger partial charge < -0.3 is 9.88 Å². The van der Waals surface area contributed by atoms with Crippen LogP contribution in [0.15, 0.2) is 48.5 Å². The zero-order chi connectivity index (χ0) is 21.3. The number of hydrogen-bond donors (Lipinski definition) is 1. The molecule has 0 spiro atoms. The molecule has 0 fully saturated rings. The Morgan fingerprint density at radius 2 is 1.80 bits per heavy atom. The average Bonchev–Trinajstić information content (AvgIpc) is 3.08. The van der Waals surface area contributed by atoms with Crippen molar-refractivity contribution in [2.45, 2.75) is 65.8 Å². The maximum Gasteiger partial charge on any atom is 0.224 e. The summed E-state index contributed by atoms with van der Waals surface area (Å²) in [6.45, 7) is 8.37. The van der Waals surface area contributed by atoms with E-state index in [2.05, 4.69) is 61.0 Å². The smallest absolute Gasteiger partial charge is 0.224 e. The van der Waals surface area contributed by atoms with Crippen LogP contribution < -0.4 is 5.32 Å². The van der Waals surface area contributed by atoms with Crippen LogP contribution in [0.4, 0.5) is 0 Å². The Kier molecular flexibility index (Phi) is 8.06. The molecule has 0 aliphatic heterocycles. The van der Waals surface area contributed by atoms with Gasteiger partial charge in [-0.3, -0.25) is 4.79 Å². The molecule has 3 rings (SSSR count). The molecule has 0 aliphatic rings. The summed E-state index contributed by atoms with van der Waals surface area (Å²) in [6, 6.07) is 16.5. The number of aromatic nitrogens is 2. The molecule has 1 aromatic heterocycles. The Hall–Kier alpha value is -2.62. The lowest BCUT2D eigenvalue weighted by molar-refractivity contribution is -0.120. The van der Waals surface area contributed by atoms with Crippen molar-refractivity contribution in [2.75, 3.05) is 6.54 Å². The highest BCUT2D eigenvalue weighted by Crippen LogP contribution is 2.19. The minimum atomic E-state index is 0.111. The van der Waals surface area contributed by atoms with Gasteiger partial charge >= 0.3 is 0 Å². The van der Waals surface area contributed by atoms with E-state index < -0.39 is 0 Å². The zero-order valence-corrected chi connectivity index (χ0v) is 18.7. The molecule has 4 nitrogen and oxygen atoms in total. The first kappa shape index (κ1) is 22.1. The molecule has 30 heavy (non-hydrogen) atoms. The van der Waals surface area contributed by atoms with Crippen molar-refractivity contribution in [3.05, 3.63) is 65.5 Å². The summed E-state index contributed by atoms with van der Waals surface area (Å²) in [6.07, 6.45) is 5.82. The highest BCUT2D eigenvalue weighted by Gasteiger charge is 2.11. The fourth-order valence-electron chi connectivity index (χ4n) is 3.81. The molecular weight excluding hydrogens is 370 g/mol.